The third-order valence-corrected chi connectivity index (χ3v) is 3.12. The van der Waals surface area contributed by atoms with Gasteiger partial charge in [0.1, 0.15) is 18.6 Å². The lowest BCUT2D eigenvalue weighted by molar-refractivity contribution is -0.102. The minimum absolute atomic E-state index is 0.349. The second kappa shape index (κ2) is 11.9. The standard InChI is InChI=1S/C17H25NO3/c1-2-3-4-5-6-7-14-20-17-10-8-16(9-11-17)15-21-18-12-13-19/h8-13H,2-7,14-15H2,1H3/b18-12-. The number of rotatable bonds is 12. The van der Waals surface area contributed by atoms with E-state index >= 15 is 0 Å². The Hall–Kier alpha value is -1.84. The molecule has 0 aromatic heterocycles. The lowest BCUT2D eigenvalue weighted by Crippen LogP contribution is -1.97. The number of carbonyl (C=O) groups is 1. The Bertz CT molecular complexity index is 401. The van der Waals surface area contributed by atoms with Gasteiger partial charge in [-0.1, -0.05) is 56.3 Å². The number of carbonyl (C=O) groups excluding carboxylic acids is 1. The highest BCUT2D eigenvalue weighted by Crippen LogP contribution is 2.14. The van der Waals surface area contributed by atoms with Gasteiger partial charge in [-0.25, -0.2) is 0 Å². The van der Waals surface area contributed by atoms with Gasteiger partial charge in [-0.3, -0.25) is 4.79 Å². The molecule has 0 N–H and O–H groups in total. The van der Waals surface area contributed by atoms with Crippen molar-refractivity contribution >= 4 is 12.5 Å². The first-order chi connectivity index (χ1) is 10.4. The Labute approximate surface area is 127 Å². The number of nitrogens with zero attached hydrogens (tertiary/aromatic N) is 1. The van der Waals surface area contributed by atoms with Crippen LogP contribution in [0.1, 0.15) is 51.0 Å². The number of unbranched alkanes of at least 4 members (excludes halogenated alkanes) is 5. The molecule has 4 heteroatoms. The average Bonchev–Trinajstić information content (AvgIpc) is 2.52. The van der Waals surface area contributed by atoms with Crippen molar-refractivity contribution in [1.82, 2.24) is 0 Å². The van der Waals surface area contributed by atoms with E-state index in [4.69, 9.17) is 9.57 Å². The van der Waals surface area contributed by atoms with Gasteiger partial charge in [0.25, 0.3) is 0 Å². The first kappa shape index (κ1) is 17.2. The van der Waals surface area contributed by atoms with Crippen molar-refractivity contribution in [2.75, 3.05) is 6.61 Å². The maximum atomic E-state index is 10.0. The van der Waals surface area contributed by atoms with E-state index in [0.717, 1.165) is 30.6 Å². The number of oxime groups is 1. The Morgan fingerprint density at radius 2 is 1.76 bits per heavy atom. The molecule has 0 aliphatic rings. The van der Waals surface area contributed by atoms with Crippen LogP contribution in [0.2, 0.25) is 0 Å². The Morgan fingerprint density at radius 3 is 2.48 bits per heavy atom. The first-order valence-corrected chi connectivity index (χ1v) is 7.67. The van der Waals surface area contributed by atoms with Gasteiger partial charge in [-0.15, -0.1) is 0 Å². The quantitative estimate of drug-likeness (QED) is 0.252. The van der Waals surface area contributed by atoms with Crippen molar-refractivity contribution in [2.45, 2.75) is 52.1 Å². The molecule has 0 amide bonds. The van der Waals surface area contributed by atoms with Crippen LogP contribution in [0.3, 0.4) is 0 Å². The van der Waals surface area contributed by atoms with Crippen molar-refractivity contribution in [3.8, 4) is 5.75 Å². The zero-order chi connectivity index (χ0) is 15.2. The summed E-state index contributed by atoms with van der Waals surface area (Å²) in [6.45, 7) is 3.35. The second-order valence-electron chi connectivity index (χ2n) is 4.92. The molecular formula is C17H25NO3. The van der Waals surface area contributed by atoms with Crippen LogP contribution in [-0.4, -0.2) is 19.1 Å². The van der Waals surface area contributed by atoms with Gasteiger partial charge in [-0.2, -0.15) is 0 Å². The Kier molecular flexibility index (Phi) is 9.79. The molecule has 0 saturated carbocycles. The van der Waals surface area contributed by atoms with Crippen LogP contribution in [0.15, 0.2) is 29.4 Å². The molecule has 21 heavy (non-hydrogen) atoms. The molecule has 0 spiro atoms. The molecule has 4 nitrogen and oxygen atoms in total. The smallest absolute Gasteiger partial charge is 0.164 e. The van der Waals surface area contributed by atoms with E-state index < -0.39 is 0 Å². The minimum Gasteiger partial charge on any atom is -0.494 e. The molecule has 0 saturated heterocycles. The normalized spacial score (nSPS) is 10.7. The maximum absolute atomic E-state index is 10.0. The van der Waals surface area contributed by atoms with Crippen molar-refractivity contribution in [1.29, 1.82) is 0 Å². The van der Waals surface area contributed by atoms with Gasteiger partial charge in [0.05, 0.1) is 6.61 Å². The highest BCUT2D eigenvalue weighted by molar-refractivity contribution is 6.12. The lowest BCUT2D eigenvalue weighted by Gasteiger charge is -2.07. The fourth-order valence-corrected chi connectivity index (χ4v) is 1.93. The number of hydrogen-bond donors (Lipinski definition) is 0. The minimum atomic E-state index is 0.349. The van der Waals surface area contributed by atoms with Crippen LogP contribution in [-0.2, 0) is 16.2 Å². The molecule has 116 valence electrons. The predicted molar refractivity (Wildman–Crippen MR) is 84.7 cm³/mol. The molecule has 1 aromatic rings. The highest BCUT2D eigenvalue weighted by atomic mass is 16.6. The van der Waals surface area contributed by atoms with E-state index in [9.17, 15) is 4.79 Å². The van der Waals surface area contributed by atoms with Gasteiger partial charge >= 0.3 is 0 Å². The fraction of sp³-hybridized carbons (Fsp3) is 0.529. The van der Waals surface area contributed by atoms with Crippen LogP contribution in [0.25, 0.3) is 0 Å². The van der Waals surface area contributed by atoms with Gasteiger partial charge in [0, 0.05) is 0 Å². The van der Waals surface area contributed by atoms with Crippen molar-refractivity contribution in [3.63, 3.8) is 0 Å². The molecule has 0 unspecified atom stereocenters. The number of hydrogen-bond acceptors (Lipinski definition) is 4. The molecule has 0 heterocycles. The summed E-state index contributed by atoms with van der Waals surface area (Å²) >= 11 is 0. The molecule has 0 aliphatic carbocycles. The van der Waals surface area contributed by atoms with Crippen LogP contribution >= 0.6 is 0 Å². The van der Waals surface area contributed by atoms with Gasteiger partial charge in [0.2, 0.25) is 0 Å². The van der Waals surface area contributed by atoms with Crippen LogP contribution in [0.5, 0.6) is 5.75 Å². The highest BCUT2D eigenvalue weighted by Gasteiger charge is 1.97. The first-order valence-electron chi connectivity index (χ1n) is 7.67. The van der Waals surface area contributed by atoms with Gasteiger partial charge < -0.3 is 9.57 Å². The molecule has 0 atom stereocenters. The lowest BCUT2D eigenvalue weighted by atomic mass is 10.1. The largest absolute Gasteiger partial charge is 0.494 e. The average molecular weight is 291 g/mol. The zero-order valence-corrected chi connectivity index (χ0v) is 12.8. The van der Waals surface area contributed by atoms with Crippen LogP contribution in [0, 0.1) is 0 Å². The topological polar surface area (TPSA) is 47.9 Å². The summed E-state index contributed by atoms with van der Waals surface area (Å²) in [6.07, 6.45) is 9.26. The van der Waals surface area contributed by atoms with Crippen LogP contribution < -0.4 is 4.74 Å². The van der Waals surface area contributed by atoms with E-state index in [2.05, 4.69) is 12.1 Å². The maximum Gasteiger partial charge on any atom is 0.164 e. The number of ether oxygens (including phenoxy) is 1. The molecular weight excluding hydrogens is 266 g/mol. The van der Waals surface area contributed by atoms with E-state index in [1.807, 2.05) is 24.3 Å². The van der Waals surface area contributed by atoms with E-state index in [-0.39, 0.29) is 0 Å². The zero-order valence-electron chi connectivity index (χ0n) is 12.8. The molecule has 0 aliphatic heterocycles. The molecule has 0 fully saturated rings. The summed E-state index contributed by atoms with van der Waals surface area (Å²) in [5.41, 5.74) is 0.991. The van der Waals surface area contributed by atoms with E-state index in [0.29, 0.717) is 12.9 Å². The van der Waals surface area contributed by atoms with Crippen molar-refractivity contribution < 1.29 is 14.4 Å². The fourth-order valence-electron chi connectivity index (χ4n) is 1.93. The summed E-state index contributed by atoms with van der Waals surface area (Å²) in [5.74, 6) is 0.878. The summed E-state index contributed by atoms with van der Waals surface area (Å²) in [5, 5.41) is 3.47. The number of benzene rings is 1. The summed E-state index contributed by atoms with van der Waals surface area (Å²) in [7, 11) is 0. The van der Waals surface area contributed by atoms with Crippen molar-refractivity contribution in [3.05, 3.63) is 29.8 Å². The SMILES string of the molecule is CCCCCCCCOc1ccc(CO/N=C\C=O)cc1. The van der Waals surface area contributed by atoms with Gasteiger partial charge in [-0.05, 0) is 24.1 Å². The summed E-state index contributed by atoms with van der Waals surface area (Å²) < 4.78 is 5.69. The monoisotopic (exact) mass is 291 g/mol. The Morgan fingerprint density at radius 1 is 1.05 bits per heavy atom. The number of aldehydes is 1. The van der Waals surface area contributed by atoms with Crippen LogP contribution in [0.4, 0.5) is 0 Å². The Balaban J connectivity index is 2.13. The molecule has 1 aromatic carbocycles. The molecule has 0 radical (unpaired) electrons. The second-order valence-corrected chi connectivity index (χ2v) is 4.92. The third-order valence-electron chi connectivity index (χ3n) is 3.12. The van der Waals surface area contributed by atoms with E-state index in [1.54, 1.807) is 0 Å². The summed E-state index contributed by atoms with van der Waals surface area (Å²) in [6, 6.07) is 7.73. The predicted octanol–water partition coefficient (Wildman–Crippen LogP) is 4.13. The summed E-state index contributed by atoms with van der Waals surface area (Å²) in [4.78, 5) is 15.0. The third kappa shape index (κ3) is 8.84. The van der Waals surface area contributed by atoms with Gasteiger partial charge in [0.15, 0.2) is 6.29 Å². The molecule has 0 bridgehead atoms. The molecule has 1 rings (SSSR count). The van der Waals surface area contributed by atoms with Crippen molar-refractivity contribution in [2.24, 2.45) is 5.16 Å². The van der Waals surface area contributed by atoms with E-state index in [1.165, 1.54) is 32.1 Å².